The third-order valence-corrected chi connectivity index (χ3v) is 3.97. The third-order valence-electron chi connectivity index (χ3n) is 3.97. The summed E-state index contributed by atoms with van der Waals surface area (Å²) in [5, 5.41) is 6.79. The van der Waals surface area contributed by atoms with Gasteiger partial charge in [-0.05, 0) is 56.6 Å². The minimum Gasteiger partial charge on any atom is -0.408 e. The third kappa shape index (κ3) is 2.43. The average Bonchev–Trinajstić information content (AvgIpc) is 2.80. The van der Waals surface area contributed by atoms with Crippen LogP contribution in [0.2, 0.25) is 0 Å². The van der Waals surface area contributed by atoms with E-state index in [9.17, 15) is 4.79 Å². The lowest BCUT2D eigenvalue weighted by atomic mass is 9.86. The van der Waals surface area contributed by atoms with Crippen LogP contribution in [0.4, 0.5) is 0 Å². The molecular weight excluding hydrogens is 242 g/mol. The van der Waals surface area contributed by atoms with Crippen LogP contribution < -0.4 is 16.4 Å². The van der Waals surface area contributed by atoms with Gasteiger partial charge in [0, 0.05) is 6.04 Å². The summed E-state index contributed by atoms with van der Waals surface area (Å²) in [5.74, 6) is 0.226. The quantitative estimate of drug-likeness (QED) is 0.780. The molecule has 3 N–H and O–H groups in total. The van der Waals surface area contributed by atoms with Gasteiger partial charge >= 0.3 is 5.76 Å². The van der Waals surface area contributed by atoms with E-state index in [-0.39, 0.29) is 0 Å². The van der Waals surface area contributed by atoms with Crippen molar-refractivity contribution in [3.63, 3.8) is 0 Å². The van der Waals surface area contributed by atoms with Gasteiger partial charge in [-0.2, -0.15) is 0 Å². The predicted octanol–water partition coefficient (Wildman–Crippen LogP) is 1.38. The number of fused-ring (bicyclic) bond motifs is 1. The minimum atomic E-state index is -0.393. The van der Waals surface area contributed by atoms with Crippen LogP contribution in [0.3, 0.4) is 0 Å². The Balaban J connectivity index is 1.93. The molecule has 2 aromatic rings. The summed E-state index contributed by atoms with van der Waals surface area (Å²) in [7, 11) is 1.99. The zero-order valence-electron chi connectivity index (χ0n) is 11.0. The average molecular weight is 261 g/mol. The van der Waals surface area contributed by atoms with Crippen LogP contribution in [0.1, 0.15) is 24.4 Å². The maximum Gasteiger partial charge on any atom is 0.417 e. The van der Waals surface area contributed by atoms with Crippen LogP contribution >= 0.6 is 0 Å². The number of benzene rings is 1. The fourth-order valence-electron chi connectivity index (χ4n) is 3.01. The van der Waals surface area contributed by atoms with E-state index in [0.29, 0.717) is 17.5 Å². The Labute approximate surface area is 111 Å². The second-order valence-electron chi connectivity index (χ2n) is 5.12. The summed E-state index contributed by atoms with van der Waals surface area (Å²) in [6, 6.07) is 6.26. The Kier molecular flexibility index (Phi) is 3.40. The van der Waals surface area contributed by atoms with E-state index in [1.807, 2.05) is 19.2 Å². The van der Waals surface area contributed by atoms with Gasteiger partial charge in [0.05, 0.1) is 5.52 Å². The molecule has 1 aromatic carbocycles. The van der Waals surface area contributed by atoms with Crippen LogP contribution in [0, 0.1) is 5.92 Å². The molecule has 1 saturated heterocycles. The Morgan fingerprint density at radius 3 is 2.89 bits per heavy atom. The molecule has 0 amide bonds. The number of piperidine rings is 1. The molecule has 5 heteroatoms. The lowest BCUT2D eigenvalue weighted by Gasteiger charge is -2.30. The number of oxazole rings is 1. The van der Waals surface area contributed by atoms with E-state index in [2.05, 4.69) is 21.7 Å². The zero-order valence-corrected chi connectivity index (χ0v) is 11.0. The normalized spacial score (nSPS) is 18.8. The van der Waals surface area contributed by atoms with Crippen molar-refractivity contribution in [2.75, 3.05) is 20.1 Å². The van der Waals surface area contributed by atoms with E-state index in [0.717, 1.165) is 18.6 Å². The molecule has 1 aliphatic rings. The lowest BCUT2D eigenvalue weighted by Crippen LogP contribution is -2.35. The molecule has 5 nitrogen and oxygen atoms in total. The van der Waals surface area contributed by atoms with Crippen LogP contribution in [0.15, 0.2) is 27.4 Å². The number of aromatic nitrogens is 1. The van der Waals surface area contributed by atoms with Crippen molar-refractivity contribution in [1.82, 2.24) is 15.6 Å². The van der Waals surface area contributed by atoms with Crippen molar-refractivity contribution >= 4 is 11.1 Å². The lowest BCUT2D eigenvalue weighted by molar-refractivity contribution is 0.294. The summed E-state index contributed by atoms with van der Waals surface area (Å²) in [4.78, 5) is 13.9. The van der Waals surface area contributed by atoms with Crippen LogP contribution in [0.25, 0.3) is 11.1 Å². The molecule has 1 unspecified atom stereocenters. The topological polar surface area (TPSA) is 70.1 Å². The molecule has 0 aliphatic carbocycles. The van der Waals surface area contributed by atoms with Crippen LogP contribution in [0.5, 0.6) is 0 Å². The molecule has 102 valence electrons. The smallest absolute Gasteiger partial charge is 0.408 e. The highest BCUT2D eigenvalue weighted by Crippen LogP contribution is 2.29. The molecule has 3 rings (SSSR count). The van der Waals surface area contributed by atoms with Crippen molar-refractivity contribution in [2.45, 2.75) is 18.9 Å². The first-order valence-corrected chi connectivity index (χ1v) is 6.78. The summed E-state index contributed by atoms with van der Waals surface area (Å²) in [5.41, 5.74) is 2.58. The SMILES string of the molecule is CNC(c1ccc2[nH]c(=O)oc2c1)C1CCNCC1. The van der Waals surface area contributed by atoms with E-state index in [1.54, 1.807) is 0 Å². The number of rotatable bonds is 3. The highest BCUT2D eigenvalue weighted by Gasteiger charge is 2.24. The summed E-state index contributed by atoms with van der Waals surface area (Å²) in [6.45, 7) is 2.15. The van der Waals surface area contributed by atoms with Gasteiger partial charge in [-0.25, -0.2) is 4.79 Å². The van der Waals surface area contributed by atoms with Gasteiger partial charge in [0.15, 0.2) is 5.58 Å². The van der Waals surface area contributed by atoms with Gasteiger partial charge in [0.25, 0.3) is 0 Å². The van der Waals surface area contributed by atoms with E-state index >= 15 is 0 Å². The van der Waals surface area contributed by atoms with Gasteiger partial charge in [0.2, 0.25) is 0 Å². The molecule has 1 aromatic heterocycles. The maximum absolute atomic E-state index is 11.2. The van der Waals surface area contributed by atoms with Gasteiger partial charge in [-0.3, -0.25) is 4.98 Å². The predicted molar refractivity (Wildman–Crippen MR) is 74.2 cm³/mol. The molecule has 0 saturated carbocycles. The van der Waals surface area contributed by atoms with Crippen molar-refractivity contribution in [1.29, 1.82) is 0 Å². The minimum absolute atomic E-state index is 0.312. The molecular formula is C14H19N3O2. The number of aromatic amines is 1. The Morgan fingerprint density at radius 2 is 2.16 bits per heavy atom. The Bertz CT molecular complexity index is 610. The highest BCUT2D eigenvalue weighted by atomic mass is 16.4. The molecule has 19 heavy (non-hydrogen) atoms. The van der Waals surface area contributed by atoms with Crippen LogP contribution in [-0.4, -0.2) is 25.1 Å². The molecule has 2 heterocycles. The van der Waals surface area contributed by atoms with E-state index in [4.69, 9.17) is 4.42 Å². The summed E-state index contributed by atoms with van der Waals surface area (Å²) >= 11 is 0. The molecule has 0 spiro atoms. The molecule has 1 fully saturated rings. The number of hydrogen-bond donors (Lipinski definition) is 3. The molecule has 1 aliphatic heterocycles. The largest absolute Gasteiger partial charge is 0.417 e. The van der Waals surface area contributed by atoms with Crippen molar-refractivity contribution in [3.05, 3.63) is 34.3 Å². The zero-order chi connectivity index (χ0) is 13.2. The van der Waals surface area contributed by atoms with Gasteiger partial charge < -0.3 is 15.1 Å². The first-order chi connectivity index (χ1) is 9.28. The number of nitrogens with one attached hydrogen (secondary N) is 3. The molecule has 0 bridgehead atoms. The first-order valence-electron chi connectivity index (χ1n) is 6.78. The Morgan fingerprint density at radius 1 is 1.37 bits per heavy atom. The Hall–Kier alpha value is -1.59. The second-order valence-corrected chi connectivity index (χ2v) is 5.12. The fourth-order valence-corrected chi connectivity index (χ4v) is 3.01. The molecule has 0 radical (unpaired) electrons. The first kappa shape index (κ1) is 12.4. The standard InChI is InChI=1S/C14H19N3O2/c1-15-13(9-4-6-16-7-5-9)10-2-3-11-12(8-10)19-14(18)17-11/h2-3,8-9,13,15-16H,4-7H2,1H3,(H,17,18). The molecule has 1 atom stereocenters. The number of hydrogen-bond acceptors (Lipinski definition) is 4. The van der Waals surface area contributed by atoms with Gasteiger partial charge in [-0.15, -0.1) is 0 Å². The highest BCUT2D eigenvalue weighted by molar-refractivity contribution is 5.72. The maximum atomic E-state index is 11.2. The van der Waals surface area contributed by atoms with Crippen LogP contribution in [-0.2, 0) is 0 Å². The van der Waals surface area contributed by atoms with Crippen molar-refractivity contribution in [3.8, 4) is 0 Å². The van der Waals surface area contributed by atoms with Crippen molar-refractivity contribution < 1.29 is 4.42 Å². The van der Waals surface area contributed by atoms with Gasteiger partial charge in [-0.1, -0.05) is 6.07 Å². The fraction of sp³-hybridized carbons (Fsp3) is 0.500. The van der Waals surface area contributed by atoms with Crippen molar-refractivity contribution in [2.24, 2.45) is 5.92 Å². The summed E-state index contributed by atoms with van der Waals surface area (Å²) in [6.07, 6.45) is 2.33. The summed E-state index contributed by atoms with van der Waals surface area (Å²) < 4.78 is 5.14. The van der Waals surface area contributed by atoms with E-state index in [1.165, 1.54) is 18.4 Å². The van der Waals surface area contributed by atoms with Gasteiger partial charge in [0.1, 0.15) is 0 Å². The monoisotopic (exact) mass is 261 g/mol. The number of H-pyrrole nitrogens is 1. The second kappa shape index (κ2) is 5.19. The van der Waals surface area contributed by atoms with E-state index < -0.39 is 5.76 Å².